The standard InChI is InChI=1S/C76H59F6N3O/c1-72(2,3)52-28-36-65-64(44-52)70-66(84(56-31-26-51(27-32-56)76(80,81)82)58-23-15-21-54(43-58)74(6,7)49-18-12-9-13-19-49)37-35-61-62-38-47-41-68-63(39-46(47)40-67(62)85(65)71(61)70)60-34-33-59(45-69(60)86-68)83(55-29-24-50(25-30-55)75(77,78)79)57-22-14-20-53(42-57)73(4,5)48-16-10-8-11-17-48/h8-45H,1-7H3. The molecule has 0 atom stereocenters. The molecule has 10 heteroatoms. The highest BCUT2D eigenvalue weighted by Crippen LogP contribution is 2.51. The summed E-state index contributed by atoms with van der Waals surface area (Å²) in [5.74, 6) is 0. The van der Waals surface area contributed by atoms with E-state index < -0.39 is 28.9 Å². The summed E-state index contributed by atoms with van der Waals surface area (Å²) in [6, 6.07) is 73.4. The van der Waals surface area contributed by atoms with E-state index in [4.69, 9.17) is 4.42 Å². The van der Waals surface area contributed by atoms with Gasteiger partial charge in [-0.3, -0.25) is 0 Å². The highest BCUT2D eigenvalue weighted by atomic mass is 19.4. The molecule has 0 aliphatic heterocycles. The second-order valence-electron chi connectivity index (χ2n) is 24.9. The molecule has 0 radical (unpaired) electrons. The van der Waals surface area contributed by atoms with Crippen molar-refractivity contribution in [2.45, 2.75) is 77.1 Å². The summed E-state index contributed by atoms with van der Waals surface area (Å²) >= 11 is 0. The molecule has 14 rings (SSSR count). The Bertz CT molecular complexity index is 4930. The van der Waals surface area contributed by atoms with Crippen LogP contribution in [-0.2, 0) is 28.6 Å². The van der Waals surface area contributed by atoms with Crippen molar-refractivity contribution in [2.24, 2.45) is 0 Å². The molecule has 0 N–H and O–H groups in total. The van der Waals surface area contributed by atoms with Gasteiger partial charge in [0.2, 0.25) is 0 Å². The molecule has 3 heterocycles. The Morgan fingerprint density at radius 1 is 0.326 bits per heavy atom. The van der Waals surface area contributed by atoms with E-state index in [0.29, 0.717) is 28.2 Å². The molecule has 426 valence electrons. The van der Waals surface area contributed by atoms with Crippen molar-refractivity contribution >= 4 is 105 Å². The normalized spacial score (nSPS) is 12.9. The van der Waals surface area contributed by atoms with Crippen LogP contribution in [0.4, 0.5) is 60.5 Å². The Balaban J connectivity index is 0.942. The number of benzene rings is 11. The van der Waals surface area contributed by atoms with Crippen molar-refractivity contribution in [3.8, 4) is 0 Å². The molecule has 0 saturated carbocycles. The summed E-state index contributed by atoms with van der Waals surface area (Å²) in [7, 11) is 0. The molecule has 86 heavy (non-hydrogen) atoms. The van der Waals surface area contributed by atoms with Crippen LogP contribution in [0, 0.1) is 0 Å². The minimum absolute atomic E-state index is 0.201. The first kappa shape index (κ1) is 54.4. The lowest BCUT2D eigenvalue weighted by atomic mass is 9.78. The average Bonchev–Trinajstić information content (AvgIpc) is 1.55. The summed E-state index contributed by atoms with van der Waals surface area (Å²) in [6.45, 7) is 15.3. The quantitative estimate of drug-likeness (QED) is 0.128. The number of alkyl halides is 6. The van der Waals surface area contributed by atoms with Gasteiger partial charge in [0.05, 0.1) is 33.4 Å². The number of fused-ring (bicyclic) bond motifs is 10. The third kappa shape index (κ3) is 8.99. The Hall–Kier alpha value is -9.54. The lowest BCUT2D eigenvalue weighted by molar-refractivity contribution is -0.138. The van der Waals surface area contributed by atoms with Gasteiger partial charge in [0.25, 0.3) is 0 Å². The number of hydrogen-bond donors (Lipinski definition) is 0. The first-order valence-corrected chi connectivity index (χ1v) is 28.9. The van der Waals surface area contributed by atoms with E-state index in [1.165, 1.54) is 12.1 Å². The van der Waals surface area contributed by atoms with Crippen LogP contribution in [0.25, 0.3) is 70.8 Å². The molecule has 0 saturated heterocycles. The van der Waals surface area contributed by atoms with E-state index >= 15 is 0 Å². The fourth-order valence-electron chi connectivity index (χ4n) is 12.9. The van der Waals surface area contributed by atoms with Gasteiger partial charge >= 0.3 is 12.4 Å². The molecule has 0 spiro atoms. The molecule has 0 aliphatic carbocycles. The van der Waals surface area contributed by atoms with Crippen LogP contribution in [0.15, 0.2) is 235 Å². The molecule has 0 unspecified atom stereocenters. The second kappa shape index (κ2) is 19.5. The van der Waals surface area contributed by atoms with Crippen LogP contribution in [0.2, 0.25) is 0 Å². The van der Waals surface area contributed by atoms with Gasteiger partial charge < -0.3 is 18.6 Å². The summed E-state index contributed by atoms with van der Waals surface area (Å²) < 4.78 is 93.9. The number of furan rings is 1. The summed E-state index contributed by atoms with van der Waals surface area (Å²) in [5.41, 5.74) is 11.6. The average molecular weight is 1140 g/mol. The van der Waals surface area contributed by atoms with Gasteiger partial charge in [0, 0.05) is 77.7 Å². The van der Waals surface area contributed by atoms with Crippen LogP contribution in [0.5, 0.6) is 0 Å². The van der Waals surface area contributed by atoms with E-state index in [1.54, 1.807) is 12.1 Å². The molecule has 3 aromatic heterocycles. The van der Waals surface area contributed by atoms with Gasteiger partial charge in [0.15, 0.2) is 0 Å². The van der Waals surface area contributed by atoms with Crippen molar-refractivity contribution in [3.63, 3.8) is 0 Å². The Morgan fingerprint density at radius 2 is 0.802 bits per heavy atom. The predicted molar refractivity (Wildman–Crippen MR) is 341 cm³/mol. The zero-order valence-electron chi connectivity index (χ0n) is 48.5. The van der Waals surface area contributed by atoms with Gasteiger partial charge in [-0.25, -0.2) is 0 Å². The number of hydrogen-bond acceptors (Lipinski definition) is 3. The molecule has 0 bridgehead atoms. The molecular weight excluding hydrogens is 1080 g/mol. The van der Waals surface area contributed by atoms with Gasteiger partial charge in [-0.1, -0.05) is 146 Å². The zero-order chi connectivity index (χ0) is 59.8. The van der Waals surface area contributed by atoms with Gasteiger partial charge in [-0.15, -0.1) is 0 Å². The van der Waals surface area contributed by atoms with Crippen molar-refractivity contribution in [3.05, 3.63) is 269 Å². The maximum atomic E-state index is 14.3. The van der Waals surface area contributed by atoms with Crippen molar-refractivity contribution in [1.82, 2.24) is 4.40 Å². The topological polar surface area (TPSA) is 24.0 Å². The Labute approximate surface area is 494 Å². The number of halogens is 6. The molecule has 0 fully saturated rings. The van der Waals surface area contributed by atoms with Gasteiger partial charge in [0.1, 0.15) is 11.2 Å². The fourth-order valence-corrected chi connectivity index (χ4v) is 12.9. The van der Waals surface area contributed by atoms with E-state index in [9.17, 15) is 26.3 Å². The maximum absolute atomic E-state index is 14.3. The van der Waals surface area contributed by atoms with Crippen LogP contribution < -0.4 is 9.80 Å². The second-order valence-corrected chi connectivity index (χ2v) is 24.9. The predicted octanol–water partition coefficient (Wildman–Crippen LogP) is 22.8. The Kier molecular flexibility index (Phi) is 12.3. The van der Waals surface area contributed by atoms with E-state index in [0.717, 1.165) is 129 Å². The highest BCUT2D eigenvalue weighted by Gasteiger charge is 2.34. The lowest BCUT2D eigenvalue weighted by Gasteiger charge is -2.30. The molecule has 4 nitrogen and oxygen atoms in total. The number of rotatable bonds is 10. The SMILES string of the molecule is CC(C)(C)c1ccc2c(c1)c1c(N(c3ccc(C(F)(F)F)cc3)c3cccc(C(C)(C)c4ccccc4)c3)ccc3c4cc5cc6oc7cc(N(c8ccc(C(F)(F)F)cc8)c8cccc(C(C)(C)c9ccccc9)c8)ccc7c6cc5cc4n2c31. The molecule has 14 aromatic rings. The minimum Gasteiger partial charge on any atom is -0.456 e. The monoisotopic (exact) mass is 1140 g/mol. The van der Waals surface area contributed by atoms with E-state index in [1.807, 2.05) is 83.8 Å². The van der Waals surface area contributed by atoms with Crippen LogP contribution in [-0.4, -0.2) is 4.40 Å². The van der Waals surface area contributed by atoms with Crippen LogP contribution in [0.3, 0.4) is 0 Å². The van der Waals surface area contributed by atoms with Gasteiger partial charge in [-0.05, 0) is 171 Å². The third-order valence-corrected chi connectivity index (χ3v) is 17.9. The third-order valence-electron chi connectivity index (χ3n) is 17.9. The van der Waals surface area contributed by atoms with Crippen LogP contribution >= 0.6 is 0 Å². The number of anilines is 6. The van der Waals surface area contributed by atoms with Crippen molar-refractivity contribution in [2.75, 3.05) is 9.80 Å². The van der Waals surface area contributed by atoms with E-state index in [2.05, 4.69) is 161 Å². The summed E-state index contributed by atoms with van der Waals surface area (Å²) in [4.78, 5) is 4.08. The van der Waals surface area contributed by atoms with E-state index in [-0.39, 0.29) is 10.8 Å². The number of aromatic nitrogens is 1. The fraction of sp³-hybridized carbons (Fsp3) is 0.158. The Morgan fingerprint density at radius 3 is 1.37 bits per heavy atom. The number of nitrogens with zero attached hydrogens (tertiary/aromatic N) is 3. The molecule has 0 amide bonds. The van der Waals surface area contributed by atoms with Gasteiger partial charge in [-0.2, -0.15) is 26.3 Å². The largest absolute Gasteiger partial charge is 0.456 e. The first-order chi connectivity index (χ1) is 41.0. The molecular formula is C76H59F6N3O. The maximum Gasteiger partial charge on any atom is 0.416 e. The summed E-state index contributed by atoms with van der Waals surface area (Å²) in [6.07, 6.45) is -9.01. The van der Waals surface area contributed by atoms with Crippen molar-refractivity contribution < 1.29 is 30.8 Å². The van der Waals surface area contributed by atoms with Crippen LogP contribution in [0.1, 0.15) is 87.4 Å². The molecule has 11 aromatic carbocycles. The highest BCUT2D eigenvalue weighted by molar-refractivity contribution is 6.29. The van der Waals surface area contributed by atoms with Crippen molar-refractivity contribution in [1.29, 1.82) is 0 Å². The molecule has 0 aliphatic rings. The summed E-state index contributed by atoms with van der Waals surface area (Å²) in [5, 5.41) is 7.80. The zero-order valence-corrected chi connectivity index (χ0v) is 48.5. The minimum atomic E-state index is -4.51. The first-order valence-electron chi connectivity index (χ1n) is 28.9. The lowest BCUT2D eigenvalue weighted by Crippen LogP contribution is -2.20. The smallest absolute Gasteiger partial charge is 0.416 e.